The second-order valence-electron chi connectivity index (χ2n) is 3.51. The summed E-state index contributed by atoms with van der Waals surface area (Å²) in [5.74, 6) is -1.43. The highest BCUT2D eigenvalue weighted by molar-refractivity contribution is 6.34. The number of amides is 1. The number of aromatic nitrogens is 1. The maximum atomic E-state index is 12.8. The molecule has 1 unspecified atom stereocenters. The Bertz CT molecular complexity index is 597. The van der Waals surface area contributed by atoms with E-state index in [4.69, 9.17) is 11.6 Å². The summed E-state index contributed by atoms with van der Waals surface area (Å²) in [5, 5.41) is -0.379. The Hall–Kier alpha value is -1.83. The van der Waals surface area contributed by atoms with Crippen molar-refractivity contribution in [3.63, 3.8) is 0 Å². The van der Waals surface area contributed by atoms with Gasteiger partial charge in [0.15, 0.2) is 5.84 Å². The molecule has 0 radical (unpaired) electrons. The quantitative estimate of drug-likeness (QED) is 0.747. The van der Waals surface area contributed by atoms with Gasteiger partial charge in [-0.3, -0.25) is 9.78 Å². The van der Waals surface area contributed by atoms with Gasteiger partial charge in [0.05, 0.1) is 16.8 Å². The van der Waals surface area contributed by atoms with Crippen molar-refractivity contribution in [2.45, 2.75) is 12.3 Å². The Balaban J connectivity index is 2.41. The molecule has 1 aliphatic rings. The molecule has 0 aromatic carbocycles. The van der Waals surface area contributed by atoms with Crippen LogP contribution in [0.1, 0.15) is 11.3 Å². The van der Waals surface area contributed by atoms with E-state index in [1.807, 2.05) is 0 Å². The van der Waals surface area contributed by atoms with E-state index in [2.05, 4.69) is 15.0 Å². The first kappa shape index (κ1) is 13.6. The van der Waals surface area contributed by atoms with Gasteiger partial charge in [0.25, 0.3) is 5.91 Å². The van der Waals surface area contributed by atoms with Crippen LogP contribution in [0.25, 0.3) is 0 Å². The largest absolute Gasteiger partial charge is 0.417 e. The Labute approximate surface area is 108 Å². The smallest absolute Gasteiger partial charge is 0.269 e. The van der Waals surface area contributed by atoms with E-state index in [1.165, 1.54) is 0 Å². The fourth-order valence-electron chi connectivity index (χ4n) is 1.27. The van der Waals surface area contributed by atoms with Gasteiger partial charge in [-0.15, -0.1) is 0 Å². The fraction of sp³-hybridized carbons (Fsp3) is 0.200. The van der Waals surface area contributed by atoms with Gasteiger partial charge < -0.3 is 0 Å². The van der Waals surface area contributed by atoms with E-state index < -0.39 is 23.8 Å². The van der Waals surface area contributed by atoms with Crippen molar-refractivity contribution in [3.05, 3.63) is 28.5 Å². The van der Waals surface area contributed by atoms with Crippen molar-refractivity contribution < 1.29 is 22.4 Å². The van der Waals surface area contributed by atoms with Crippen LogP contribution in [0, 0.1) is 0 Å². The summed E-state index contributed by atoms with van der Waals surface area (Å²) in [6, 6.07) is 0.633. The first-order valence-electron chi connectivity index (χ1n) is 4.83. The van der Waals surface area contributed by atoms with Crippen molar-refractivity contribution in [1.29, 1.82) is 0 Å². The lowest BCUT2D eigenvalue weighted by atomic mass is 10.2. The molecule has 4 nitrogen and oxygen atoms in total. The Morgan fingerprint density at radius 3 is 2.53 bits per heavy atom. The first-order chi connectivity index (χ1) is 8.79. The minimum absolute atomic E-state index is 0.217. The topological polar surface area (TPSA) is 54.7 Å². The number of rotatable bonds is 1. The summed E-state index contributed by atoms with van der Waals surface area (Å²) < 4.78 is 50.0. The summed E-state index contributed by atoms with van der Waals surface area (Å²) in [6.45, 7) is 0. The summed E-state index contributed by atoms with van der Waals surface area (Å²) in [4.78, 5) is 21.2. The molecule has 1 aromatic heterocycles. The molecule has 1 atom stereocenters. The Morgan fingerprint density at radius 1 is 1.32 bits per heavy atom. The standard InChI is InChI=1S/C10H4ClF4N3O/c11-5-1-4(10(13,14)15)2-16-7(5)8-17-3-6(12)9(19)18-8/h1-3,6H. The molecule has 2 rings (SSSR count). The van der Waals surface area contributed by atoms with Gasteiger partial charge in [-0.25, -0.2) is 9.38 Å². The molecular formula is C10H4ClF4N3O. The van der Waals surface area contributed by atoms with Crippen LogP contribution in [-0.2, 0) is 11.0 Å². The molecule has 1 aliphatic heterocycles. The molecule has 0 spiro atoms. The molecule has 9 heteroatoms. The Kier molecular flexibility index (Phi) is 3.36. The molecule has 19 heavy (non-hydrogen) atoms. The zero-order chi connectivity index (χ0) is 14.2. The van der Waals surface area contributed by atoms with Gasteiger partial charge in [-0.1, -0.05) is 11.6 Å². The third-order valence-corrected chi connectivity index (χ3v) is 2.45. The lowest BCUT2D eigenvalue weighted by Gasteiger charge is -2.10. The number of nitrogens with zero attached hydrogens (tertiary/aromatic N) is 3. The number of halogens is 5. The fourth-order valence-corrected chi connectivity index (χ4v) is 1.52. The van der Waals surface area contributed by atoms with E-state index in [1.54, 1.807) is 0 Å². The number of carbonyl (C=O) groups is 1. The van der Waals surface area contributed by atoms with Gasteiger partial charge in [0.2, 0.25) is 6.17 Å². The molecule has 0 aliphatic carbocycles. The van der Waals surface area contributed by atoms with Gasteiger partial charge >= 0.3 is 6.18 Å². The number of carbonyl (C=O) groups excluding carboxylic acids is 1. The normalized spacial score (nSPS) is 19.5. The molecular weight excluding hydrogens is 290 g/mol. The van der Waals surface area contributed by atoms with Crippen LogP contribution in [0.5, 0.6) is 0 Å². The predicted octanol–water partition coefficient (Wildman–Crippen LogP) is 2.45. The summed E-state index contributed by atoms with van der Waals surface area (Å²) in [6.07, 6.45) is -5.34. The maximum absolute atomic E-state index is 12.8. The molecule has 1 aromatic rings. The summed E-state index contributed by atoms with van der Waals surface area (Å²) >= 11 is 5.63. The molecule has 0 bridgehead atoms. The monoisotopic (exact) mass is 293 g/mol. The molecule has 0 saturated carbocycles. The first-order valence-corrected chi connectivity index (χ1v) is 5.21. The highest BCUT2D eigenvalue weighted by Crippen LogP contribution is 2.31. The molecule has 2 heterocycles. The van der Waals surface area contributed by atoms with Crippen LogP contribution in [0.15, 0.2) is 22.2 Å². The molecule has 0 fully saturated rings. The van der Waals surface area contributed by atoms with Gasteiger partial charge in [0, 0.05) is 6.20 Å². The number of amidine groups is 1. The van der Waals surface area contributed by atoms with Gasteiger partial charge in [-0.2, -0.15) is 18.2 Å². The van der Waals surface area contributed by atoms with Gasteiger partial charge in [-0.05, 0) is 6.07 Å². The Morgan fingerprint density at radius 2 is 2.00 bits per heavy atom. The number of pyridine rings is 1. The lowest BCUT2D eigenvalue weighted by Crippen LogP contribution is -2.22. The van der Waals surface area contributed by atoms with Crippen LogP contribution >= 0.6 is 11.6 Å². The zero-order valence-electron chi connectivity index (χ0n) is 8.95. The van der Waals surface area contributed by atoms with Crippen molar-refractivity contribution >= 4 is 29.6 Å². The van der Waals surface area contributed by atoms with E-state index in [0.717, 1.165) is 0 Å². The summed E-state index contributed by atoms with van der Waals surface area (Å²) in [5.41, 5.74) is -1.26. The van der Waals surface area contributed by atoms with Crippen LogP contribution in [0.2, 0.25) is 5.02 Å². The van der Waals surface area contributed by atoms with Crippen LogP contribution in [0.3, 0.4) is 0 Å². The average molecular weight is 294 g/mol. The number of alkyl halides is 4. The molecule has 0 saturated heterocycles. The summed E-state index contributed by atoms with van der Waals surface area (Å²) in [7, 11) is 0. The van der Waals surface area contributed by atoms with Crippen LogP contribution in [0.4, 0.5) is 17.6 Å². The van der Waals surface area contributed by atoms with E-state index >= 15 is 0 Å². The predicted molar refractivity (Wildman–Crippen MR) is 59.2 cm³/mol. The number of hydrogen-bond acceptors (Lipinski definition) is 3. The SMILES string of the molecule is O=C1N=C(c2ncc(C(F)(F)F)cc2Cl)N=CC1F. The number of aliphatic imine (C=N–C) groups is 2. The average Bonchev–Trinajstić information content (AvgIpc) is 2.31. The van der Waals surface area contributed by atoms with Crippen molar-refractivity contribution in [2.75, 3.05) is 0 Å². The van der Waals surface area contributed by atoms with E-state index in [-0.39, 0.29) is 16.6 Å². The number of hydrogen-bond donors (Lipinski definition) is 0. The van der Waals surface area contributed by atoms with Crippen LogP contribution < -0.4 is 0 Å². The molecule has 0 N–H and O–H groups in total. The third kappa shape index (κ3) is 2.78. The maximum Gasteiger partial charge on any atom is 0.417 e. The van der Waals surface area contributed by atoms with Crippen molar-refractivity contribution in [2.24, 2.45) is 9.98 Å². The lowest BCUT2D eigenvalue weighted by molar-refractivity contribution is -0.137. The molecule has 1 amide bonds. The van der Waals surface area contributed by atoms with Crippen molar-refractivity contribution in [1.82, 2.24) is 4.98 Å². The highest BCUT2D eigenvalue weighted by Gasteiger charge is 2.32. The highest BCUT2D eigenvalue weighted by atomic mass is 35.5. The van der Waals surface area contributed by atoms with Crippen molar-refractivity contribution in [3.8, 4) is 0 Å². The second kappa shape index (κ2) is 4.69. The van der Waals surface area contributed by atoms with Crippen LogP contribution in [-0.4, -0.2) is 29.1 Å². The second-order valence-corrected chi connectivity index (χ2v) is 3.91. The third-order valence-electron chi connectivity index (χ3n) is 2.16. The minimum atomic E-state index is -4.59. The molecule has 100 valence electrons. The van der Waals surface area contributed by atoms with E-state index in [9.17, 15) is 22.4 Å². The minimum Gasteiger partial charge on any atom is -0.269 e. The van der Waals surface area contributed by atoms with Gasteiger partial charge in [0.1, 0.15) is 5.69 Å². The van der Waals surface area contributed by atoms with E-state index in [0.29, 0.717) is 18.5 Å². The zero-order valence-corrected chi connectivity index (χ0v) is 9.71.